The third-order valence-corrected chi connectivity index (χ3v) is 11.9. The second kappa shape index (κ2) is 20.2. The van der Waals surface area contributed by atoms with Crippen molar-refractivity contribution in [3.05, 3.63) is 170 Å². The number of phenols is 1. The number of piperidine rings is 3. The molecule has 3 aliphatic rings. The molecule has 3 fully saturated rings. The highest BCUT2D eigenvalue weighted by Crippen LogP contribution is 2.32. The van der Waals surface area contributed by atoms with Crippen LogP contribution in [0.3, 0.4) is 0 Å². The number of hydrogen-bond acceptors (Lipinski definition) is 11. The summed E-state index contributed by atoms with van der Waals surface area (Å²) in [6.07, 6.45) is 0.681. The highest BCUT2D eigenvalue weighted by atomic mass is 35.5. The lowest BCUT2D eigenvalue weighted by atomic mass is 9.86. The number of carbonyl (C=O) groups is 2. The first-order valence-electron chi connectivity index (χ1n) is 21.0. The van der Waals surface area contributed by atoms with Gasteiger partial charge >= 0.3 is 12.1 Å². The number of alkyl carbamates (subject to hydrolysis) is 1. The number of amides is 1. The van der Waals surface area contributed by atoms with Gasteiger partial charge in [-0.15, -0.1) is 0 Å². The van der Waals surface area contributed by atoms with Gasteiger partial charge in [-0.2, -0.15) is 0 Å². The Bertz CT molecular complexity index is 2580. The third-order valence-electron chi connectivity index (χ3n) is 11.6. The number of benzene rings is 5. The molecule has 1 aromatic heterocycles. The number of aromatic hydroxyl groups is 1. The number of aliphatic hydroxyl groups is 1. The second-order valence-electron chi connectivity index (χ2n) is 15.8. The average molecular weight is 873 g/mol. The fourth-order valence-corrected chi connectivity index (χ4v) is 8.40. The normalized spacial score (nSPS) is 17.7. The number of hydrogen-bond donors (Lipinski definition) is 5. The molecule has 14 heteroatoms. The quantitative estimate of drug-likeness (QED) is 0.0456. The Kier molecular flexibility index (Phi) is 13.9. The van der Waals surface area contributed by atoms with E-state index in [0.717, 1.165) is 54.7 Å². The molecule has 3 saturated heterocycles. The van der Waals surface area contributed by atoms with Crippen LogP contribution in [-0.2, 0) is 22.6 Å². The highest BCUT2D eigenvalue weighted by Gasteiger charge is 2.37. The van der Waals surface area contributed by atoms with Crippen LogP contribution in [0.15, 0.2) is 126 Å². The molecule has 1 amide bonds. The zero-order chi connectivity index (χ0) is 43.7. The van der Waals surface area contributed by atoms with E-state index in [0.29, 0.717) is 45.5 Å². The Morgan fingerprint density at radius 1 is 0.841 bits per heavy atom. The van der Waals surface area contributed by atoms with Crippen molar-refractivity contribution in [2.24, 2.45) is 5.92 Å². The fraction of sp³-hybridized carbons (Fsp3) is 0.286. The van der Waals surface area contributed by atoms with Crippen LogP contribution >= 0.6 is 11.6 Å². The molecule has 0 spiro atoms. The van der Waals surface area contributed by atoms with Crippen molar-refractivity contribution >= 4 is 34.6 Å². The molecule has 326 valence electrons. The van der Waals surface area contributed by atoms with Gasteiger partial charge in [0, 0.05) is 36.1 Å². The van der Waals surface area contributed by atoms with E-state index in [1.807, 2.05) is 72.8 Å². The summed E-state index contributed by atoms with van der Waals surface area (Å²) in [5.41, 5.74) is 4.30. The SMILES string of the molecule is O=C(NC(c1ccccc1)c1cccc(OCc2ccc(C(=O)OCCOc3ccc(CNCC(O)c4ccc(O)c5[nH]c(=O)ccc45)c(Cl)c3)cc2)c1)O[C@H]1CN2CCC1CC2. The van der Waals surface area contributed by atoms with Gasteiger partial charge in [0.05, 0.1) is 23.2 Å². The van der Waals surface area contributed by atoms with Gasteiger partial charge in [0.15, 0.2) is 0 Å². The van der Waals surface area contributed by atoms with Crippen molar-refractivity contribution in [1.29, 1.82) is 0 Å². The molecule has 3 aliphatic heterocycles. The number of nitrogens with zero attached hydrogens (tertiary/aromatic N) is 1. The lowest BCUT2D eigenvalue weighted by Gasteiger charge is -2.43. The number of phenolic OH excluding ortho intramolecular Hbond substituents is 1. The van der Waals surface area contributed by atoms with Gasteiger partial charge in [-0.3, -0.25) is 9.69 Å². The third kappa shape index (κ3) is 11.0. The molecule has 0 aliphatic carbocycles. The Morgan fingerprint density at radius 3 is 2.38 bits per heavy atom. The summed E-state index contributed by atoms with van der Waals surface area (Å²) in [7, 11) is 0. The Hall–Kier alpha value is -6.38. The lowest BCUT2D eigenvalue weighted by Crippen LogP contribution is -2.52. The zero-order valence-corrected chi connectivity index (χ0v) is 35.3. The van der Waals surface area contributed by atoms with Gasteiger partial charge in [0.2, 0.25) is 5.56 Å². The predicted molar refractivity (Wildman–Crippen MR) is 238 cm³/mol. The van der Waals surface area contributed by atoms with Crippen molar-refractivity contribution in [3.63, 3.8) is 0 Å². The Balaban J connectivity index is 0.773. The lowest BCUT2D eigenvalue weighted by molar-refractivity contribution is -0.0336. The smallest absolute Gasteiger partial charge is 0.408 e. The van der Waals surface area contributed by atoms with Crippen LogP contribution < -0.4 is 25.7 Å². The van der Waals surface area contributed by atoms with E-state index >= 15 is 0 Å². The molecule has 5 N–H and O–H groups in total. The number of pyridine rings is 1. The number of rotatable bonds is 17. The molecular weight excluding hydrogens is 824 g/mol. The Labute approximate surface area is 369 Å². The summed E-state index contributed by atoms with van der Waals surface area (Å²) in [5, 5.41) is 28.3. The molecule has 9 rings (SSSR count). The van der Waals surface area contributed by atoms with Crippen molar-refractivity contribution in [2.45, 2.75) is 44.2 Å². The summed E-state index contributed by atoms with van der Waals surface area (Å²) in [5.74, 6) is 0.992. The largest absolute Gasteiger partial charge is 0.506 e. The second-order valence-corrected chi connectivity index (χ2v) is 16.2. The highest BCUT2D eigenvalue weighted by molar-refractivity contribution is 6.31. The van der Waals surface area contributed by atoms with E-state index in [1.54, 1.807) is 36.4 Å². The van der Waals surface area contributed by atoms with E-state index in [1.165, 1.54) is 12.1 Å². The molecule has 0 saturated carbocycles. The molecule has 2 bridgehead atoms. The van der Waals surface area contributed by atoms with Gasteiger partial charge < -0.3 is 44.8 Å². The molecule has 6 aromatic rings. The van der Waals surface area contributed by atoms with Gasteiger partial charge in [0.25, 0.3) is 0 Å². The van der Waals surface area contributed by atoms with Crippen LogP contribution in [0.25, 0.3) is 10.9 Å². The predicted octanol–water partition coefficient (Wildman–Crippen LogP) is 7.43. The first kappa shape index (κ1) is 43.3. The number of ether oxygens (including phenoxy) is 4. The first-order valence-corrected chi connectivity index (χ1v) is 21.4. The maximum absolute atomic E-state index is 13.2. The number of nitrogens with one attached hydrogen (secondary N) is 3. The summed E-state index contributed by atoms with van der Waals surface area (Å²) in [6, 6.07) is 35.2. The summed E-state index contributed by atoms with van der Waals surface area (Å²) in [4.78, 5) is 42.7. The number of H-pyrrole nitrogens is 1. The Morgan fingerprint density at radius 2 is 1.62 bits per heavy atom. The van der Waals surface area contributed by atoms with E-state index < -0.39 is 24.2 Å². The van der Waals surface area contributed by atoms with Crippen molar-refractivity contribution in [2.75, 3.05) is 39.4 Å². The van der Waals surface area contributed by atoms with E-state index in [-0.39, 0.29) is 49.3 Å². The average Bonchev–Trinajstić information content (AvgIpc) is 3.30. The van der Waals surface area contributed by atoms with Crippen LogP contribution in [0.1, 0.15) is 63.2 Å². The molecule has 5 aromatic carbocycles. The number of aliphatic hydroxyl groups excluding tert-OH is 1. The molecule has 13 nitrogen and oxygen atoms in total. The number of esters is 1. The monoisotopic (exact) mass is 872 g/mol. The van der Waals surface area contributed by atoms with Gasteiger partial charge in [-0.25, -0.2) is 9.59 Å². The fourth-order valence-electron chi connectivity index (χ4n) is 8.17. The van der Waals surface area contributed by atoms with Crippen molar-refractivity contribution in [1.82, 2.24) is 20.5 Å². The van der Waals surface area contributed by atoms with Crippen LogP contribution in [-0.4, -0.2) is 77.7 Å². The number of aromatic amines is 1. The molecule has 2 unspecified atom stereocenters. The molecule has 4 heterocycles. The summed E-state index contributed by atoms with van der Waals surface area (Å²) in [6.45, 7) is 3.89. The van der Waals surface area contributed by atoms with Crippen molar-refractivity contribution in [3.8, 4) is 17.2 Å². The number of carbonyl (C=O) groups excluding carboxylic acids is 2. The summed E-state index contributed by atoms with van der Waals surface area (Å²) < 4.78 is 23.3. The van der Waals surface area contributed by atoms with Gasteiger partial charge in [0.1, 0.15) is 43.2 Å². The van der Waals surface area contributed by atoms with E-state index in [9.17, 15) is 24.6 Å². The maximum Gasteiger partial charge on any atom is 0.408 e. The maximum atomic E-state index is 13.2. The molecule has 3 atom stereocenters. The van der Waals surface area contributed by atoms with Crippen LogP contribution in [0.5, 0.6) is 17.2 Å². The van der Waals surface area contributed by atoms with Gasteiger partial charge in [-0.1, -0.05) is 78.3 Å². The van der Waals surface area contributed by atoms with E-state index in [2.05, 4.69) is 20.5 Å². The first-order chi connectivity index (χ1) is 30.7. The minimum atomic E-state index is -0.910. The molecular formula is C49H49ClN4O9. The minimum Gasteiger partial charge on any atom is -0.506 e. The molecule has 63 heavy (non-hydrogen) atoms. The number of fused-ring (bicyclic) bond motifs is 4. The standard InChI is InChI=1S/C49H49ClN4O9/c50-41-26-38(14-13-36(41)27-51-28-43(56)39-15-17-42(55)47-40(39)16-18-45(57)52-47)60-23-24-61-48(58)34-11-9-31(10-12-34)30-62-37-8-4-7-35(25-37)46(33-5-2-1-3-6-33)53-49(59)63-44-29-54-21-19-32(44)20-22-54/h1-18,25-26,32,43-44,46,51,55-56H,19-24,27-30H2,(H,52,57)(H,53,59)/t43?,44-,46?/m0/s1. The summed E-state index contributed by atoms with van der Waals surface area (Å²) >= 11 is 6.52. The number of halogens is 1. The van der Waals surface area contributed by atoms with Gasteiger partial charge in [-0.05, 0) is 108 Å². The number of aromatic nitrogens is 1. The topological polar surface area (TPSA) is 172 Å². The van der Waals surface area contributed by atoms with Crippen molar-refractivity contribution < 1.29 is 38.7 Å². The molecule has 0 radical (unpaired) electrons. The zero-order valence-electron chi connectivity index (χ0n) is 34.5. The van der Waals surface area contributed by atoms with Crippen LogP contribution in [0, 0.1) is 5.92 Å². The van der Waals surface area contributed by atoms with Crippen LogP contribution in [0.4, 0.5) is 4.79 Å². The minimum absolute atomic E-state index is 0.0228. The van der Waals surface area contributed by atoms with Crippen LogP contribution in [0.2, 0.25) is 5.02 Å². The van der Waals surface area contributed by atoms with E-state index in [4.69, 9.17) is 30.5 Å².